The molecule has 0 amide bonds. The fourth-order valence-electron chi connectivity index (χ4n) is 2.73. The second-order valence-electron chi connectivity index (χ2n) is 5.29. The van der Waals surface area contributed by atoms with Gasteiger partial charge in [-0.05, 0) is 50.6 Å². The summed E-state index contributed by atoms with van der Waals surface area (Å²) in [5.74, 6) is 1.41. The van der Waals surface area contributed by atoms with Crippen molar-refractivity contribution < 1.29 is 4.74 Å². The minimum atomic E-state index is 0.288. The van der Waals surface area contributed by atoms with Crippen molar-refractivity contribution in [3.05, 3.63) is 29.8 Å². The number of benzene rings is 1. The Kier molecular flexibility index (Phi) is 5.87. The zero-order valence-electron chi connectivity index (χ0n) is 13.0. The van der Waals surface area contributed by atoms with Crippen LogP contribution in [0.3, 0.4) is 0 Å². The maximum atomic E-state index is 5.86. The topological polar surface area (TPSA) is 62.9 Å². The van der Waals surface area contributed by atoms with Gasteiger partial charge in [-0.15, -0.1) is 0 Å². The number of nitrogens with one attached hydrogen (secondary N) is 1. The molecule has 1 aromatic rings. The summed E-state index contributed by atoms with van der Waals surface area (Å²) in [5, 5.41) is 3.05. The maximum Gasteiger partial charge on any atom is 0.188 e. The second kappa shape index (κ2) is 7.88. The van der Waals surface area contributed by atoms with Crippen LogP contribution >= 0.6 is 0 Å². The molecule has 3 N–H and O–H groups in total. The third-order valence-corrected chi connectivity index (χ3v) is 3.87. The highest BCUT2D eigenvalue weighted by atomic mass is 16.5. The van der Waals surface area contributed by atoms with Crippen molar-refractivity contribution in [2.45, 2.75) is 25.8 Å². The number of hydrogen-bond donors (Lipinski definition) is 2. The van der Waals surface area contributed by atoms with Gasteiger partial charge in [0.15, 0.2) is 5.96 Å². The van der Waals surface area contributed by atoms with E-state index in [1.807, 2.05) is 19.1 Å². The van der Waals surface area contributed by atoms with Gasteiger partial charge in [0.1, 0.15) is 5.75 Å². The second-order valence-corrected chi connectivity index (χ2v) is 5.29. The van der Waals surface area contributed by atoms with Gasteiger partial charge >= 0.3 is 0 Å². The molecule has 1 unspecified atom stereocenters. The number of guanidine groups is 1. The van der Waals surface area contributed by atoms with Gasteiger partial charge in [0, 0.05) is 6.54 Å². The highest BCUT2D eigenvalue weighted by Crippen LogP contribution is 2.26. The zero-order chi connectivity index (χ0) is 15.1. The molecule has 0 aliphatic carbocycles. The fraction of sp³-hybridized carbons (Fsp3) is 0.562. The Bertz CT molecular complexity index is 452. The van der Waals surface area contributed by atoms with Gasteiger partial charge in [-0.1, -0.05) is 12.1 Å². The minimum absolute atomic E-state index is 0.288. The van der Waals surface area contributed by atoms with Crippen LogP contribution in [0, 0.1) is 0 Å². The predicted molar refractivity (Wildman–Crippen MR) is 86.7 cm³/mol. The van der Waals surface area contributed by atoms with Crippen LogP contribution in [0.1, 0.15) is 31.4 Å². The summed E-state index contributed by atoms with van der Waals surface area (Å²) in [5.41, 5.74) is 7.12. The van der Waals surface area contributed by atoms with Crippen molar-refractivity contribution >= 4 is 5.96 Å². The average Bonchev–Trinajstić information content (AvgIpc) is 3.02. The van der Waals surface area contributed by atoms with Gasteiger partial charge in [-0.25, -0.2) is 0 Å². The lowest BCUT2D eigenvalue weighted by Gasteiger charge is -2.26. The molecule has 5 heteroatoms. The smallest absolute Gasteiger partial charge is 0.188 e. The standard InChI is InChI=1S/C16H26N4O/c1-3-18-16(17)19-12-15(20-10-4-5-11-20)13-6-8-14(21-2)9-7-13/h6-9,15H,3-5,10-12H2,1-2H3,(H3,17,18,19). The van der Waals surface area contributed by atoms with Crippen LogP contribution < -0.4 is 15.8 Å². The number of aliphatic imine (C=N–C) groups is 1. The molecule has 0 radical (unpaired) electrons. The first-order chi connectivity index (χ1) is 10.2. The van der Waals surface area contributed by atoms with Gasteiger partial charge < -0.3 is 15.8 Å². The highest BCUT2D eigenvalue weighted by molar-refractivity contribution is 5.77. The molecule has 1 heterocycles. The Morgan fingerprint density at radius 2 is 2.00 bits per heavy atom. The van der Waals surface area contributed by atoms with E-state index in [4.69, 9.17) is 10.5 Å². The molecule has 0 spiro atoms. The summed E-state index contributed by atoms with van der Waals surface area (Å²) >= 11 is 0. The number of nitrogens with zero attached hydrogens (tertiary/aromatic N) is 2. The molecule has 1 atom stereocenters. The fourth-order valence-corrected chi connectivity index (χ4v) is 2.73. The van der Waals surface area contributed by atoms with Gasteiger partial charge in [0.05, 0.1) is 19.7 Å². The summed E-state index contributed by atoms with van der Waals surface area (Å²) in [7, 11) is 1.69. The lowest BCUT2D eigenvalue weighted by molar-refractivity contribution is 0.251. The quantitative estimate of drug-likeness (QED) is 0.619. The molecule has 21 heavy (non-hydrogen) atoms. The van der Waals surface area contributed by atoms with Crippen LogP contribution in [-0.4, -0.2) is 44.1 Å². The Balaban J connectivity index is 2.12. The van der Waals surface area contributed by atoms with Crippen LogP contribution in [0.25, 0.3) is 0 Å². The van der Waals surface area contributed by atoms with E-state index in [0.29, 0.717) is 12.5 Å². The molecule has 116 valence electrons. The number of hydrogen-bond acceptors (Lipinski definition) is 3. The maximum absolute atomic E-state index is 5.86. The molecular formula is C16H26N4O. The normalized spacial score (nSPS) is 17.7. The summed E-state index contributed by atoms with van der Waals surface area (Å²) < 4.78 is 5.23. The van der Waals surface area contributed by atoms with Crippen LogP contribution in [-0.2, 0) is 0 Å². The van der Waals surface area contributed by atoms with E-state index in [1.165, 1.54) is 18.4 Å². The van der Waals surface area contributed by atoms with Gasteiger partial charge in [0.25, 0.3) is 0 Å². The van der Waals surface area contributed by atoms with Crippen molar-refractivity contribution in [3.8, 4) is 5.75 Å². The van der Waals surface area contributed by atoms with Crippen molar-refractivity contribution in [2.24, 2.45) is 10.7 Å². The predicted octanol–water partition coefficient (Wildman–Crippen LogP) is 1.76. The average molecular weight is 290 g/mol. The number of nitrogens with two attached hydrogens (primary N) is 1. The summed E-state index contributed by atoms with van der Waals surface area (Å²) in [6, 6.07) is 8.56. The molecule has 2 rings (SSSR count). The molecule has 1 aliphatic heterocycles. The first-order valence-electron chi connectivity index (χ1n) is 7.66. The van der Waals surface area contributed by atoms with E-state index in [1.54, 1.807) is 7.11 Å². The molecule has 5 nitrogen and oxygen atoms in total. The Labute approximate surface area is 127 Å². The Morgan fingerprint density at radius 1 is 1.33 bits per heavy atom. The minimum Gasteiger partial charge on any atom is -0.497 e. The van der Waals surface area contributed by atoms with Crippen LogP contribution in [0.4, 0.5) is 0 Å². The van der Waals surface area contributed by atoms with Gasteiger partial charge in [0.2, 0.25) is 0 Å². The van der Waals surface area contributed by atoms with E-state index in [9.17, 15) is 0 Å². The van der Waals surface area contributed by atoms with Crippen molar-refractivity contribution in [1.29, 1.82) is 0 Å². The summed E-state index contributed by atoms with van der Waals surface area (Å²) in [6.07, 6.45) is 2.53. The number of methoxy groups -OCH3 is 1. The first-order valence-corrected chi connectivity index (χ1v) is 7.66. The first kappa shape index (κ1) is 15.6. The number of ether oxygens (including phenoxy) is 1. The van der Waals surface area contributed by atoms with Crippen molar-refractivity contribution in [2.75, 3.05) is 33.3 Å². The number of likely N-dealkylation sites (tertiary alicyclic amines) is 1. The van der Waals surface area contributed by atoms with E-state index in [0.717, 1.165) is 25.4 Å². The molecule has 1 aromatic carbocycles. The van der Waals surface area contributed by atoms with Crippen LogP contribution in [0.2, 0.25) is 0 Å². The summed E-state index contributed by atoms with van der Waals surface area (Å²) in [6.45, 7) is 5.77. The van der Waals surface area contributed by atoms with E-state index >= 15 is 0 Å². The molecule has 1 aliphatic rings. The largest absolute Gasteiger partial charge is 0.497 e. The molecule has 0 bridgehead atoms. The van der Waals surface area contributed by atoms with E-state index < -0.39 is 0 Å². The highest BCUT2D eigenvalue weighted by Gasteiger charge is 2.23. The molecule has 1 saturated heterocycles. The van der Waals surface area contributed by atoms with Crippen molar-refractivity contribution in [1.82, 2.24) is 10.2 Å². The van der Waals surface area contributed by atoms with E-state index in [2.05, 4.69) is 27.3 Å². The summed E-state index contributed by atoms with van der Waals surface area (Å²) in [4.78, 5) is 6.98. The monoisotopic (exact) mass is 290 g/mol. The molecular weight excluding hydrogens is 264 g/mol. The molecule has 0 saturated carbocycles. The van der Waals surface area contributed by atoms with Crippen LogP contribution in [0.5, 0.6) is 5.75 Å². The molecule has 0 aromatic heterocycles. The zero-order valence-corrected chi connectivity index (χ0v) is 13.0. The SMILES string of the molecule is CCNC(N)=NCC(c1ccc(OC)cc1)N1CCCC1. The Hall–Kier alpha value is -1.75. The molecule has 1 fully saturated rings. The van der Waals surface area contributed by atoms with Gasteiger partial charge in [-0.2, -0.15) is 0 Å². The Morgan fingerprint density at radius 3 is 2.57 bits per heavy atom. The van der Waals surface area contributed by atoms with E-state index in [-0.39, 0.29) is 6.04 Å². The third-order valence-electron chi connectivity index (χ3n) is 3.87. The lowest BCUT2D eigenvalue weighted by atomic mass is 10.1. The lowest BCUT2D eigenvalue weighted by Crippen LogP contribution is -2.33. The van der Waals surface area contributed by atoms with Crippen molar-refractivity contribution in [3.63, 3.8) is 0 Å². The van der Waals surface area contributed by atoms with Gasteiger partial charge in [-0.3, -0.25) is 9.89 Å². The van der Waals surface area contributed by atoms with Crippen LogP contribution in [0.15, 0.2) is 29.3 Å². The third kappa shape index (κ3) is 4.36. The number of rotatable bonds is 6.